The molecule has 3 unspecified atom stereocenters. The van der Waals surface area contributed by atoms with Crippen molar-refractivity contribution in [2.45, 2.75) is 45.6 Å². The van der Waals surface area contributed by atoms with Crippen molar-refractivity contribution in [1.82, 2.24) is 10.2 Å². The van der Waals surface area contributed by atoms with Crippen LogP contribution < -0.4 is 5.32 Å². The second-order valence-corrected chi connectivity index (χ2v) is 5.52. The molecule has 0 aromatic rings. The van der Waals surface area contributed by atoms with Crippen LogP contribution in [-0.2, 0) is 0 Å². The van der Waals surface area contributed by atoms with Crippen LogP contribution in [0, 0.1) is 11.8 Å². The van der Waals surface area contributed by atoms with Crippen molar-refractivity contribution in [3.05, 3.63) is 0 Å². The van der Waals surface area contributed by atoms with E-state index in [0.29, 0.717) is 0 Å². The van der Waals surface area contributed by atoms with Gasteiger partial charge in [0.1, 0.15) is 0 Å². The number of hydrogen-bond acceptors (Lipinski definition) is 2. The van der Waals surface area contributed by atoms with Crippen molar-refractivity contribution < 1.29 is 0 Å². The molecule has 2 aliphatic rings. The van der Waals surface area contributed by atoms with Gasteiger partial charge in [-0.1, -0.05) is 20.3 Å². The first-order valence-electron chi connectivity index (χ1n) is 6.75. The molecule has 2 heterocycles. The van der Waals surface area contributed by atoms with Crippen LogP contribution >= 0.6 is 0 Å². The zero-order valence-corrected chi connectivity index (χ0v) is 10.3. The number of hydrogen-bond donors (Lipinski definition) is 1. The van der Waals surface area contributed by atoms with E-state index in [1.165, 1.54) is 51.9 Å². The topological polar surface area (TPSA) is 15.3 Å². The Balaban J connectivity index is 1.80. The van der Waals surface area contributed by atoms with E-state index < -0.39 is 0 Å². The first-order chi connectivity index (χ1) is 7.29. The molecule has 0 saturated carbocycles. The number of nitrogens with one attached hydrogen (secondary N) is 1. The molecule has 0 amide bonds. The SMILES string of the molecule is CCC(C)CN1CCC2NCCCC2C1. The molecule has 2 saturated heterocycles. The molecule has 2 rings (SSSR count). The lowest BCUT2D eigenvalue weighted by Crippen LogP contribution is -2.52. The highest BCUT2D eigenvalue weighted by atomic mass is 15.2. The lowest BCUT2D eigenvalue weighted by atomic mass is 9.85. The van der Waals surface area contributed by atoms with Crippen LogP contribution in [-0.4, -0.2) is 37.1 Å². The van der Waals surface area contributed by atoms with Crippen molar-refractivity contribution >= 4 is 0 Å². The summed E-state index contributed by atoms with van der Waals surface area (Å²) >= 11 is 0. The van der Waals surface area contributed by atoms with E-state index in [9.17, 15) is 0 Å². The molecule has 2 aliphatic heterocycles. The van der Waals surface area contributed by atoms with Crippen LogP contribution in [0.15, 0.2) is 0 Å². The molecule has 2 nitrogen and oxygen atoms in total. The zero-order valence-electron chi connectivity index (χ0n) is 10.3. The van der Waals surface area contributed by atoms with Crippen LogP contribution in [0.5, 0.6) is 0 Å². The van der Waals surface area contributed by atoms with Gasteiger partial charge in [0.2, 0.25) is 0 Å². The van der Waals surface area contributed by atoms with Crippen LogP contribution in [0.4, 0.5) is 0 Å². The van der Waals surface area contributed by atoms with Gasteiger partial charge in [0, 0.05) is 19.1 Å². The Morgan fingerprint density at radius 2 is 2.27 bits per heavy atom. The van der Waals surface area contributed by atoms with Crippen molar-refractivity contribution in [2.24, 2.45) is 11.8 Å². The summed E-state index contributed by atoms with van der Waals surface area (Å²) in [7, 11) is 0. The Morgan fingerprint density at radius 3 is 3.07 bits per heavy atom. The maximum absolute atomic E-state index is 3.68. The molecule has 3 atom stereocenters. The van der Waals surface area contributed by atoms with E-state index in [-0.39, 0.29) is 0 Å². The van der Waals surface area contributed by atoms with E-state index in [4.69, 9.17) is 0 Å². The molecule has 0 bridgehead atoms. The van der Waals surface area contributed by atoms with Crippen molar-refractivity contribution in [3.63, 3.8) is 0 Å². The Bertz CT molecular complexity index is 193. The third-order valence-electron chi connectivity index (χ3n) is 4.24. The minimum absolute atomic E-state index is 0.840. The van der Waals surface area contributed by atoms with Gasteiger partial charge in [-0.25, -0.2) is 0 Å². The molecule has 2 fully saturated rings. The van der Waals surface area contributed by atoms with Gasteiger partial charge in [-0.15, -0.1) is 0 Å². The summed E-state index contributed by atoms with van der Waals surface area (Å²) < 4.78 is 0. The summed E-state index contributed by atoms with van der Waals surface area (Å²) in [6.45, 7) is 9.93. The van der Waals surface area contributed by atoms with Crippen LogP contribution in [0.1, 0.15) is 39.5 Å². The summed E-state index contributed by atoms with van der Waals surface area (Å²) in [5.41, 5.74) is 0. The van der Waals surface area contributed by atoms with E-state index in [1.807, 2.05) is 0 Å². The first kappa shape index (κ1) is 11.4. The van der Waals surface area contributed by atoms with E-state index in [2.05, 4.69) is 24.1 Å². The first-order valence-corrected chi connectivity index (χ1v) is 6.75. The molecule has 0 spiro atoms. The summed E-state index contributed by atoms with van der Waals surface area (Å²) in [5, 5.41) is 3.68. The van der Waals surface area contributed by atoms with Gasteiger partial charge in [0.15, 0.2) is 0 Å². The van der Waals surface area contributed by atoms with Gasteiger partial charge < -0.3 is 10.2 Å². The van der Waals surface area contributed by atoms with Crippen molar-refractivity contribution in [2.75, 3.05) is 26.2 Å². The minimum atomic E-state index is 0.840. The molecule has 0 aliphatic carbocycles. The van der Waals surface area contributed by atoms with Gasteiger partial charge in [-0.3, -0.25) is 0 Å². The Hall–Kier alpha value is -0.0800. The van der Waals surface area contributed by atoms with Crippen LogP contribution in [0.3, 0.4) is 0 Å². The average Bonchev–Trinajstić information content (AvgIpc) is 2.29. The standard InChI is InChI=1S/C13H26N2/c1-3-11(2)9-15-8-6-13-12(10-15)5-4-7-14-13/h11-14H,3-10H2,1-2H3. The normalized spacial score (nSPS) is 34.8. The van der Waals surface area contributed by atoms with Gasteiger partial charge in [-0.2, -0.15) is 0 Å². The predicted octanol–water partition coefficient (Wildman–Crippen LogP) is 2.11. The van der Waals surface area contributed by atoms with E-state index in [0.717, 1.165) is 17.9 Å². The smallest absolute Gasteiger partial charge is 0.0120 e. The van der Waals surface area contributed by atoms with Gasteiger partial charge in [0.25, 0.3) is 0 Å². The lowest BCUT2D eigenvalue weighted by Gasteiger charge is -2.42. The summed E-state index contributed by atoms with van der Waals surface area (Å²) in [5.74, 6) is 1.81. The quantitative estimate of drug-likeness (QED) is 0.767. The molecular weight excluding hydrogens is 184 g/mol. The zero-order chi connectivity index (χ0) is 10.7. The van der Waals surface area contributed by atoms with Crippen LogP contribution in [0.25, 0.3) is 0 Å². The monoisotopic (exact) mass is 210 g/mol. The Morgan fingerprint density at radius 1 is 1.40 bits per heavy atom. The summed E-state index contributed by atoms with van der Waals surface area (Å²) in [4.78, 5) is 2.70. The Kier molecular flexibility index (Phi) is 4.04. The largest absolute Gasteiger partial charge is 0.314 e. The molecule has 0 aromatic heterocycles. The number of rotatable bonds is 3. The molecule has 0 radical (unpaired) electrons. The van der Waals surface area contributed by atoms with E-state index in [1.54, 1.807) is 0 Å². The molecule has 1 N–H and O–H groups in total. The highest BCUT2D eigenvalue weighted by molar-refractivity contribution is 4.88. The number of fused-ring (bicyclic) bond motifs is 1. The van der Waals surface area contributed by atoms with Gasteiger partial charge >= 0.3 is 0 Å². The second-order valence-electron chi connectivity index (χ2n) is 5.52. The highest BCUT2D eigenvalue weighted by Gasteiger charge is 2.30. The molecule has 15 heavy (non-hydrogen) atoms. The molecule has 0 aromatic carbocycles. The third kappa shape index (κ3) is 2.94. The van der Waals surface area contributed by atoms with Gasteiger partial charge in [0.05, 0.1) is 0 Å². The minimum Gasteiger partial charge on any atom is -0.314 e. The fourth-order valence-electron chi connectivity index (χ4n) is 3.06. The average molecular weight is 210 g/mol. The summed E-state index contributed by atoms with van der Waals surface area (Å²) in [6.07, 6.45) is 5.54. The molecular formula is C13H26N2. The Labute approximate surface area is 94.4 Å². The second kappa shape index (κ2) is 5.31. The number of likely N-dealkylation sites (tertiary alicyclic amines) is 1. The third-order valence-corrected chi connectivity index (χ3v) is 4.24. The summed E-state index contributed by atoms with van der Waals surface area (Å²) in [6, 6.07) is 0.840. The van der Waals surface area contributed by atoms with Crippen molar-refractivity contribution in [3.8, 4) is 0 Å². The molecule has 88 valence electrons. The maximum atomic E-state index is 3.68. The number of piperidine rings is 2. The van der Waals surface area contributed by atoms with Crippen LogP contribution in [0.2, 0.25) is 0 Å². The van der Waals surface area contributed by atoms with Crippen molar-refractivity contribution in [1.29, 1.82) is 0 Å². The number of nitrogens with zero attached hydrogens (tertiary/aromatic N) is 1. The van der Waals surface area contributed by atoms with Gasteiger partial charge in [-0.05, 0) is 44.2 Å². The molecule has 2 heteroatoms. The lowest BCUT2D eigenvalue weighted by molar-refractivity contribution is 0.102. The van der Waals surface area contributed by atoms with E-state index >= 15 is 0 Å². The predicted molar refractivity (Wildman–Crippen MR) is 65.0 cm³/mol. The maximum Gasteiger partial charge on any atom is 0.0120 e. The fourth-order valence-corrected chi connectivity index (χ4v) is 3.06. The highest BCUT2D eigenvalue weighted by Crippen LogP contribution is 2.25. The fraction of sp³-hybridized carbons (Fsp3) is 1.00.